The second-order valence-electron chi connectivity index (χ2n) is 4.54. The molecule has 0 radical (unpaired) electrons. The first-order chi connectivity index (χ1) is 9.63. The minimum absolute atomic E-state index is 0.0332. The van der Waals surface area contributed by atoms with Crippen LogP contribution in [0.2, 0.25) is 0 Å². The maximum atomic E-state index is 12.0. The van der Waals surface area contributed by atoms with Gasteiger partial charge in [0.05, 0.1) is 11.4 Å². The van der Waals surface area contributed by atoms with E-state index in [2.05, 4.69) is 10.1 Å². The molecule has 0 spiro atoms. The lowest BCUT2D eigenvalue weighted by atomic mass is 10.2. The van der Waals surface area contributed by atoms with E-state index in [0.29, 0.717) is 22.5 Å². The highest BCUT2D eigenvalue weighted by molar-refractivity contribution is 8.15. The van der Waals surface area contributed by atoms with E-state index < -0.39 is 0 Å². The highest BCUT2D eigenvalue weighted by Gasteiger charge is 2.31. The first kappa shape index (κ1) is 12.9. The number of nitrogens with zero attached hydrogens (tertiary/aromatic N) is 3. The molecular weight excluding hydrogens is 274 g/mol. The van der Waals surface area contributed by atoms with Crippen molar-refractivity contribution in [3.8, 4) is 0 Å². The van der Waals surface area contributed by atoms with Crippen molar-refractivity contribution in [3.05, 3.63) is 41.7 Å². The minimum Gasteiger partial charge on any atom is -0.360 e. The first-order valence-corrected chi connectivity index (χ1v) is 7.16. The molecule has 1 fully saturated rings. The van der Waals surface area contributed by atoms with Gasteiger partial charge in [-0.15, -0.1) is 0 Å². The fraction of sp³-hybridized carbons (Fsp3) is 0.214. The molecule has 1 aromatic carbocycles. The van der Waals surface area contributed by atoms with Gasteiger partial charge < -0.3 is 4.52 Å². The quantitative estimate of drug-likeness (QED) is 0.851. The summed E-state index contributed by atoms with van der Waals surface area (Å²) in [5, 5.41) is 4.52. The fourth-order valence-electron chi connectivity index (χ4n) is 1.86. The zero-order chi connectivity index (χ0) is 14.1. The van der Waals surface area contributed by atoms with Gasteiger partial charge in [-0.3, -0.25) is 4.79 Å². The Morgan fingerprint density at radius 2 is 2.05 bits per heavy atom. The van der Waals surface area contributed by atoms with E-state index in [4.69, 9.17) is 4.52 Å². The van der Waals surface area contributed by atoms with Gasteiger partial charge in [-0.1, -0.05) is 34.6 Å². The number of aryl methyl sites for hydroxylation is 2. The molecule has 1 aliphatic heterocycles. The standard InChI is InChI=1S/C14H13N3O2S/c1-9-3-5-11(6-4-9)15-14-17(13(18)8-20-14)12-7-10(2)19-16-12/h3-7H,8H2,1-2H3. The van der Waals surface area contributed by atoms with Crippen LogP contribution >= 0.6 is 11.8 Å². The number of anilines is 1. The van der Waals surface area contributed by atoms with Gasteiger partial charge in [0.2, 0.25) is 5.91 Å². The monoisotopic (exact) mass is 287 g/mol. The summed E-state index contributed by atoms with van der Waals surface area (Å²) in [6.45, 7) is 3.82. The number of carbonyl (C=O) groups is 1. The Balaban J connectivity index is 1.95. The van der Waals surface area contributed by atoms with Crippen LogP contribution in [0.3, 0.4) is 0 Å². The molecule has 1 aliphatic rings. The number of aliphatic imine (C=N–C) groups is 1. The zero-order valence-electron chi connectivity index (χ0n) is 11.2. The van der Waals surface area contributed by atoms with E-state index in [0.717, 1.165) is 5.69 Å². The minimum atomic E-state index is -0.0332. The normalized spacial score (nSPS) is 17.2. The summed E-state index contributed by atoms with van der Waals surface area (Å²) in [5.41, 5.74) is 1.99. The van der Waals surface area contributed by atoms with Crippen molar-refractivity contribution >= 4 is 34.3 Å². The predicted octanol–water partition coefficient (Wildman–Crippen LogP) is 3.06. The lowest BCUT2D eigenvalue weighted by molar-refractivity contribution is -0.115. The molecule has 0 unspecified atom stereocenters. The summed E-state index contributed by atoms with van der Waals surface area (Å²) in [7, 11) is 0. The summed E-state index contributed by atoms with van der Waals surface area (Å²) in [5.74, 6) is 1.49. The van der Waals surface area contributed by atoms with Crippen LogP contribution in [0.4, 0.5) is 11.5 Å². The van der Waals surface area contributed by atoms with Crippen LogP contribution in [-0.4, -0.2) is 22.0 Å². The van der Waals surface area contributed by atoms with E-state index >= 15 is 0 Å². The molecule has 0 saturated carbocycles. The number of amidine groups is 1. The summed E-state index contributed by atoms with van der Waals surface area (Å²) in [6, 6.07) is 9.57. The zero-order valence-corrected chi connectivity index (χ0v) is 12.0. The fourth-order valence-corrected chi connectivity index (χ4v) is 2.73. The summed E-state index contributed by atoms with van der Waals surface area (Å²) in [6.07, 6.45) is 0. The van der Waals surface area contributed by atoms with Gasteiger partial charge in [0.25, 0.3) is 0 Å². The van der Waals surface area contributed by atoms with Gasteiger partial charge in [-0.25, -0.2) is 9.89 Å². The molecule has 1 amide bonds. The number of thioether (sulfide) groups is 1. The van der Waals surface area contributed by atoms with Crippen LogP contribution in [-0.2, 0) is 4.79 Å². The predicted molar refractivity (Wildman–Crippen MR) is 79.5 cm³/mol. The Labute approximate surface area is 120 Å². The number of hydrogen-bond acceptors (Lipinski definition) is 5. The van der Waals surface area contributed by atoms with Crippen molar-refractivity contribution in [1.82, 2.24) is 5.16 Å². The third-order valence-corrected chi connectivity index (χ3v) is 3.79. The maximum absolute atomic E-state index is 12.0. The first-order valence-electron chi connectivity index (χ1n) is 6.18. The SMILES string of the molecule is Cc1ccc(N=C2SCC(=O)N2c2cc(C)on2)cc1. The van der Waals surface area contributed by atoms with Crippen molar-refractivity contribution < 1.29 is 9.32 Å². The van der Waals surface area contributed by atoms with Crippen molar-refractivity contribution in [1.29, 1.82) is 0 Å². The lowest BCUT2D eigenvalue weighted by Crippen LogP contribution is -2.29. The third-order valence-electron chi connectivity index (χ3n) is 2.87. The van der Waals surface area contributed by atoms with Crippen molar-refractivity contribution in [2.24, 2.45) is 4.99 Å². The number of aromatic nitrogens is 1. The van der Waals surface area contributed by atoms with Crippen LogP contribution in [0.1, 0.15) is 11.3 Å². The number of rotatable bonds is 2. The molecule has 0 aliphatic carbocycles. The van der Waals surface area contributed by atoms with Gasteiger partial charge in [0, 0.05) is 6.07 Å². The molecule has 2 heterocycles. The van der Waals surface area contributed by atoms with E-state index in [-0.39, 0.29) is 5.91 Å². The Hall–Kier alpha value is -2.08. The smallest absolute Gasteiger partial charge is 0.244 e. The van der Waals surface area contributed by atoms with Gasteiger partial charge in [-0.05, 0) is 26.0 Å². The molecule has 102 valence electrons. The van der Waals surface area contributed by atoms with Crippen LogP contribution < -0.4 is 4.90 Å². The van der Waals surface area contributed by atoms with Gasteiger partial charge in [0.15, 0.2) is 11.0 Å². The molecule has 20 heavy (non-hydrogen) atoms. The highest BCUT2D eigenvalue weighted by Crippen LogP contribution is 2.28. The Kier molecular flexibility index (Phi) is 3.31. The van der Waals surface area contributed by atoms with Crippen LogP contribution in [0.5, 0.6) is 0 Å². The van der Waals surface area contributed by atoms with Crippen LogP contribution in [0, 0.1) is 13.8 Å². The molecule has 6 heteroatoms. The van der Waals surface area contributed by atoms with Gasteiger partial charge in [0.1, 0.15) is 5.76 Å². The second-order valence-corrected chi connectivity index (χ2v) is 5.49. The second kappa shape index (κ2) is 5.13. The number of hydrogen-bond donors (Lipinski definition) is 0. The average molecular weight is 287 g/mol. The number of amides is 1. The lowest BCUT2D eigenvalue weighted by Gasteiger charge is -2.11. The molecule has 1 aromatic heterocycles. The summed E-state index contributed by atoms with van der Waals surface area (Å²) < 4.78 is 5.03. The Morgan fingerprint density at radius 3 is 2.70 bits per heavy atom. The molecule has 5 nitrogen and oxygen atoms in total. The Bertz CT molecular complexity index is 676. The van der Waals surface area contributed by atoms with Gasteiger partial charge in [-0.2, -0.15) is 0 Å². The average Bonchev–Trinajstić information content (AvgIpc) is 2.99. The van der Waals surface area contributed by atoms with E-state index in [1.807, 2.05) is 31.2 Å². The molecule has 2 aromatic rings. The molecular formula is C14H13N3O2S. The van der Waals surface area contributed by atoms with Crippen molar-refractivity contribution in [2.45, 2.75) is 13.8 Å². The summed E-state index contributed by atoms with van der Waals surface area (Å²) in [4.78, 5) is 18.0. The molecule has 3 rings (SSSR count). The van der Waals surface area contributed by atoms with Crippen LogP contribution in [0.15, 0.2) is 39.8 Å². The van der Waals surface area contributed by atoms with Crippen molar-refractivity contribution in [2.75, 3.05) is 10.7 Å². The maximum Gasteiger partial charge on any atom is 0.244 e. The highest BCUT2D eigenvalue weighted by atomic mass is 32.2. The Morgan fingerprint density at radius 1 is 1.30 bits per heavy atom. The number of benzene rings is 1. The van der Waals surface area contributed by atoms with Crippen LogP contribution in [0.25, 0.3) is 0 Å². The molecule has 1 saturated heterocycles. The molecule has 0 N–H and O–H groups in total. The molecule has 0 atom stereocenters. The van der Waals surface area contributed by atoms with E-state index in [1.165, 1.54) is 22.2 Å². The van der Waals surface area contributed by atoms with Crippen molar-refractivity contribution in [3.63, 3.8) is 0 Å². The largest absolute Gasteiger partial charge is 0.360 e. The third kappa shape index (κ3) is 2.46. The number of carbonyl (C=O) groups excluding carboxylic acids is 1. The van der Waals surface area contributed by atoms with E-state index in [1.54, 1.807) is 13.0 Å². The summed E-state index contributed by atoms with van der Waals surface area (Å²) >= 11 is 1.41. The topological polar surface area (TPSA) is 58.7 Å². The molecule has 0 bridgehead atoms. The van der Waals surface area contributed by atoms with E-state index in [9.17, 15) is 4.79 Å². The van der Waals surface area contributed by atoms with Gasteiger partial charge >= 0.3 is 0 Å².